The topological polar surface area (TPSA) is 79.6 Å². The number of aromatic carboxylic acids is 1. The summed E-state index contributed by atoms with van der Waals surface area (Å²) in [6.45, 7) is 2.17. The molecule has 2 fully saturated rings. The van der Waals surface area contributed by atoms with Gasteiger partial charge in [-0.1, -0.05) is 43.3 Å². The maximum absolute atomic E-state index is 14.0. The average molecular weight is 533 g/mol. The molecule has 1 saturated carbocycles. The monoisotopic (exact) mass is 532 g/mol. The lowest BCUT2D eigenvalue weighted by molar-refractivity contribution is -0.142. The van der Waals surface area contributed by atoms with Gasteiger partial charge >= 0.3 is 5.97 Å². The van der Waals surface area contributed by atoms with E-state index in [0.29, 0.717) is 12.5 Å². The summed E-state index contributed by atoms with van der Waals surface area (Å²) in [5.74, 6) is -0.770. The first kappa shape index (κ1) is 27.1. The lowest BCUT2D eigenvalue weighted by Gasteiger charge is -2.35. The summed E-state index contributed by atoms with van der Waals surface area (Å²) in [5.41, 5.74) is 2.86. The number of amides is 1. The van der Waals surface area contributed by atoms with E-state index in [1.807, 2.05) is 60.4 Å². The Hall–Kier alpha value is -3.48. The summed E-state index contributed by atoms with van der Waals surface area (Å²) in [7, 11) is 1.72. The molecular formula is C32H37FN2O4. The van der Waals surface area contributed by atoms with E-state index >= 15 is 0 Å². The van der Waals surface area contributed by atoms with Gasteiger partial charge in [0.2, 0.25) is 5.91 Å². The second kappa shape index (κ2) is 11.3. The molecule has 6 nitrogen and oxygen atoms in total. The minimum Gasteiger partial charge on any atom is -0.477 e. The zero-order chi connectivity index (χ0) is 27.7. The van der Waals surface area contributed by atoms with Crippen molar-refractivity contribution in [3.63, 3.8) is 0 Å². The summed E-state index contributed by atoms with van der Waals surface area (Å²) >= 11 is 0. The number of carbonyl (C=O) groups is 3. The minimum absolute atomic E-state index is 0.00294. The van der Waals surface area contributed by atoms with E-state index in [1.165, 1.54) is 0 Å². The molecule has 1 aliphatic carbocycles. The van der Waals surface area contributed by atoms with Crippen LogP contribution in [0.15, 0.2) is 54.6 Å². The zero-order valence-corrected chi connectivity index (χ0v) is 22.7. The van der Waals surface area contributed by atoms with Crippen molar-refractivity contribution < 1.29 is 23.9 Å². The maximum atomic E-state index is 14.0. The molecule has 1 saturated heterocycles. The number of aromatic nitrogens is 1. The van der Waals surface area contributed by atoms with Crippen molar-refractivity contribution in [2.45, 2.75) is 57.4 Å². The standard InChI is InChI=1S/C32H37FN2O4/c1-20(19-33)22-9-11-24(12-10-22)31(37)35-15-14-26(23-6-4-3-5-7-23)30(35)29(36)17-21-8-13-27-25(16-21)18-28(32(38)39)34(27)2/h3-8,13,16,18,20,22,24,26,30H,9-12,14-15,17,19H2,1-2H3,(H,38,39)/t20-,22?,24?,26+,30+/m1/s1. The molecule has 2 aliphatic rings. The second-order valence-electron chi connectivity index (χ2n) is 11.5. The highest BCUT2D eigenvalue weighted by Gasteiger charge is 2.44. The zero-order valence-electron chi connectivity index (χ0n) is 22.7. The molecule has 0 bridgehead atoms. The number of fused-ring (bicyclic) bond motifs is 1. The molecule has 1 amide bonds. The Balaban J connectivity index is 1.38. The maximum Gasteiger partial charge on any atom is 0.352 e. The van der Waals surface area contributed by atoms with Crippen molar-refractivity contribution in [3.8, 4) is 0 Å². The van der Waals surface area contributed by atoms with Gasteiger partial charge in [0.15, 0.2) is 5.78 Å². The molecule has 3 aromatic rings. The highest BCUT2D eigenvalue weighted by molar-refractivity contribution is 5.96. The van der Waals surface area contributed by atoms with Gasteiger partial charge in [0, 0.05) is 42.8 Å². The molecule has 39 heavy (non-hydrogen) atoms. The number of carboxylic acids is 1. The number of nitrogens with zero attached hydrogens (tertiary/aromatic N) is 2. The number of halogens is 1. The molecule has 2 aromatic carbocycles. The second-order valence-corrected chi connectivity index (χ2v) is 11.5. The van der Waals surface area contributed by atoms with Gasteiger partial charge in [0.25, 0.3) is 0 Å². The van der Waals surface area contributed by atoms with Gasteiger partial charge in [0.1, 0.15) is 5.69 Å². The quantitative estimate of drug-likeness (QED) is 0.399. The summed E-state index contributed by atoms with van der Waals surface area (Å²) in [6, 6.07) is 16.7. The summed E-state index contributed by atoms with van der Waals surface area (Å²) in [6.07, 6.45) is 4.11. The first-order chi connectivity index (χ1) is 18.8. The molecule has 0 unspecified atom stereocenters. The van der Waals surface area contributed by atoms with E-state index in [2.05, 4.69) is 0 Å². The van der Waals surface area contributed by atoms with Gasteiger partial charge in [-0.05, 0) is 73.3 Å². The third-order valence-corrected chi connectivity index (χ3v) is 9.11. The number of benzene rings is 2. The number of rotatable bonds is 8. The largest absolute Gasteiger partial charge is 0.477 e. The molecule has 1 aliphatic heterocycles. The van der Waals surface area contributed by atoms with Crippen LogP contribution in [0.3, 0.4) is 0 Å². The van der Waals surface area contributed by atoms with E-state index in [9.17, 15) is 23.9 Å². The first-order valence-electron chi connectivity index (χ1n) is 14.0. The molecule has 0 spiro atoms. The Bertz CT molecular complexity index is 1360. The van der Waals surface area contributed by atoms with Crippen molar-refractivity contribution in [1.82, 2.24) is 9.47 Å². The number of ketones is 1. The number of alkyl halides is 1. The molecule has 3 atom stereocenters. The normalized spacial score (nSPS) is 24.1. The van der Waals surface area contributed by atoms with E-state index in [-0.39, 0.29) is 48.2 Å². The number of carbonyl (C=O) groups excluding carboxylic acids is 2. The predicted molar refractivity (Wildman–Crippen MR) is 148 cm³/mol. The van der Waals surface area contributed by atoms with Crippen molar-refractivity contribution in [2.75, 3.05) is 13.2 Å². The van der Waals surface area contributed by atoms with Crippen molar-refractivity contribution >= 4 is 28.6 Å². The summed E-state index contributed by atoms with van der Waals surface area (Å²) in [4.78, 5) is 41.2. The fourth-order valence-electron chi connectivity index (χ4n) is 6.80. The number of hydrogen-bond acceptors (Lipinski definition) is 3. The molecule has 0 radical (unpaired) electrons. The number of carboxylic acid groups (broad SMARTS) is 1. The van der Waals surface area contributed by atoms with Crippen LogP contribution in [0, 0.1) is 17.8 Å². The van der Waals surface area contributed by atoms with Gasteiger partial charge in [-0.25, -0.2) is 4.79 Å². The van der Waals surface area contributed by atoms with Crippen LogP contribution in [0.25, 0.3) is 10.9 Å². The number of aryl methyl sites for hydroxylation is 1. The average Bonchev–Trinajstić information content (AvgIpc) is 3.54. The van der Waals surface area contributed by atoms with E-state index in [1.54, 1.807) is 17.7 Å². The van der Waals surface area contributed by atoms with Crippen LogP contribution in [0.5, 0.6) is 0 Å². The lowest BCUT2D eigenvalue weighted by Crippen LogP contribution is -2.46. The number of hydrogen-bond donors (Lipinski definition) is 1. The molecule has 206 valence electrons. The van der Waals surface area contributed by atoms with E-state index < -0.39 is 12.0 Å². The molecular weight excluding hydrogens is 495 g/mol. The first-order valence-corrected chi connectivity index (χ1v) is 14.0. The van der Waals surface area contributed by atoms with Crippen molar-refractivity contribution in [1.29, 1.82) is 0 Å². The molecule has 2 heterocycles. The highest BCUT2D eigenvalue weighted by Crippen LogP contribution is 2.39. The SMILES string of the molecule is C[C@H](CF)C1CCC(C(=O)N2CC[C@@H](c3ccccc3)[C@H]2C(=O)Cc2ccc3c(c2)cc(C(=O)O)n3C)CC1. The third-order valence-electron chi connectivity index (χ3n) is 9.11. The van der Waals surface area contributed by atoms with Gasteiger partial charge in [-0.3, -0.25) is 14.0 Å². The fraction of sp³-hybridized carbons (Fsp3) is 0.469. The summed E-state index contributed by atoms with van der Waals surface area (Å²) in [5, 5.41) is 10.3. The van der Waals surface area contributed by atoms with E-state index in [4.69, 9.17) is 0 Å². The number of likely N-dealkylation sites (tertiary alicyclic amines) is 1. The van der Waals surface area contributed by atoms with Crippen LogP contribution in [0.4, 0.5) is 4.39 Å². The van der Waals surface area contributed by atoms with Gasteiger partial charge in [-0.15, -0.1) is 0 Å². The van der Waals surface area contributed by atoms with E-state index in [0.717, 1.165) is 54.1 Å². The Morgan fingerprint density at radius 1 is 1.00 bits per heavy atom. The van der Waals surface area contributed by atoms with Crippen LogP contribution < -0.4 is 0 Å². The predicted octanol–water partition coefficient (Wildman–Crippen LogP) is 5.78. The number of Topliss-reactive ketones (excluding diaryl/α,β-unsaturated/α-hetero) is 1. The molecule has 7 heteroatoms. The van der Waals surface area contributed by atoms with Crippen molar-refractivity contribution in [3.05, 3.63) is 71.4 Å². The van der Waals surface area contributed by atoms with Crippen LogP contribution in [-0.2, 0) is 23.1 Å². The van der Waals surface area contributed by atoms with Crippen LogP contribution >= 0.6 is 0 Å². The Morgan fingerprint density at radius 3 is 2.38 bits per heavy atom. The van der Waals surface area contributed by atoms with Crippen LogP contribution in [0.1, 0.15) is 66.6 Å². The molecule has 1 aromatic heterocycles. The lowest BCUT2D eigenvalue weighted by atomic mass is 9.76. The Kier molecular flexibility index (Phi) is 7.87. The minimum atomic E-state index is -0.995. The van der Waals surface area contributed by atoms with Crippen molar-refractivity contribution in [2.24, 2.45) is 24.8 Å². The Labute approximate surface area is 228 Å². The highest BCUT2D eigenvalue weighted by atomic mass is 19.1. The van der Waals surface area contributed by atoms with Gasteiger partial charge in [-0.2, -0.15) is 0 Å². The van der Waals surface area contributed by atoms with Crippen LogP contribution in [0.2, 0.25) is 0 Å². The fourth-order valence-corrected chi connectivity index (χ4v) is 6.80. The van der Waals surface area contributed by atoms with Crippen LogP contribution in [-0.4, -0.2) is 51.5 Å². The molecule has 5 rings (SSSR count). The summed E-state index contributed by atoms with van der Waals surface area (Å²) < 4.78 is 14.8. The molecule has 1 N–H and O–H groups in total. The third kappa shape index (κ3) is 5.36. The smallest absolute Gasteiger partial charge is 0.352 e. The van der Waals surface area contributed by atoms with Gasteiger partial charge < -0.3 is 14.6 Å². The van der Waals surface area contributed by atoms with Gasteiger partial charge in [0.05, 0.1) is 12.7 Å². The Morgan fingerprint density at radius 2 is 1.72 bits per heavy atom.